The largest absolute Gasteiger partial charge is 0.467 e. The molecule has 1 fully saturated rings. The lowest BCUT2D eigenvalue weighted by atomic mass is 9.88. The average Bonchev–Trinajstić information content (AvgIpc) is 3.07. The van der Waals surface area contributed by atoms with Crippen LogP contribution in [0.5, 0.6) is 0 Å². The third-order valence-corrected chi connectivity index (χ3v) is 4.31. The fourth-order valence-electron chi connectivity index (χ4n) is 3.03. The number of carbonyl (C=O) groups excluding carboxylic acids is 1. The first-order valence-electron chi connectivity index (χ1n) is 7.95. The maximum atomic E-state index is 12.4. The minimum atomic E-state index is -1.41. The molecule has 0 aliphatic carbocycles. The zero-order valence-electron chi connectivity index (χ0n) is 13.6. The first kappa shape index (κ1) is 16.6. The average molecular weight is 327 g/mol. The van der Waals surface area contributed by atoms with Gasteiger partial charge in [0.25, 0.3) is 0 Å². The molecular weight excluding hydrogens is 306 g/mol. The lowest BCUT2D eigenvalue weighted by Gasteiger charge is -2.31. The van der Waals surface area contributed by atoms with E-state index >= 15 is 0 Å². The molecule has 0 amide bonds. The van der Waals surface area contributed by atoms with Crippen molar-refractivity contribution in [2.45, 2.75) is 24.7 Å². The summed E-state index contributed by atoms with van der Waals surface area (Å²) in [5.41, 5.74) is 0.294. The van der Waals surface area contributed by atoms with Gasteiger partial charge in [-0.1, -0.05) is 60.7 Å². The van der Waals surface area contributed by atoms with Crippen molar-refractivity contribution in [3.8, 4) is 0 Å². The summed E-state index contributed by atoms with van der Waals surface area (Å²) >= 11 is 0. The van der Waals surface area contributed by atoms with Crippen molar-refractivity contribution < 1.29 is 19.5 Å². The Balaban J connectivity index is 1.82. The van der Waals surface area contributed by atoms with Gasteiger partial charge in [0.2, 0.25) is 5.60 Å². The lowest BCUT2D eigenvalue weighted by molar-refractivity contribution is -0.240. The molecule has 0 aromatic heterocycles. The van der Waals surface area contributed by atoms with Crippen molar-refractivity contribution in [2.75, 3.05) is 13.7 Å². The number of esters is 1. The molecule has 2 aromatic carbocycles. The van der Waals surface area contributed by atoms with Crippen LogP contribution in [0.1, 0.15) is 23.7 Å². The number of aliphatic hydroxyl groups is 1. The molecule has 0 unspecified atom stereocenters. The third-order valence-electron chi connectivity index (χ3n) is 4.31. The van der Waals surface area contributed by atoms with E-state index in [4.69, 9.17) is 9.57 Å². The Hall–Kier alpha value is -2.21. The first-order chi connectivity index (χ1) is 11.7. The van der Waals surface area contributed by atoms with Crippen LogP contribution in [0, 0.1) is 0 Å². The van der Waals surface area contributed by atoms with Crippen LogP contribution >= 0.6 is 0 Å². The van der Waals surface area contributed by atoms with Gasteiger partial charge in [0.05, 0.1) is 7.11 Å². The molecule has 126 valence electrons. The van der Waals surface area contributed by atoms with Gasteiger partial charge in [0.1, 0.15) is 6.10 Å². The third kappa shape index (κ3) is 3.19. The van der Waals surface area contributed by atoms with Gasteiger partial charge in [-0.2, -0.15) is 5.06 Å². The summed E-state index contributed by atoms with van der Waals surface area (Å²) in [6.07, 6.45) is -0.727. The predicted molar refractivity (Wildman–Crippen MR) is 88.7 cm³/mol. The van der Waals surface area contributed by atoms with Crippen LogP contribution in [0.25, 0.3) is 0 Å². The van der Waals surface area contributed by atoms with E-state index in [-0.39, 0.29) is 0 Å². The quantitative estimate of drug-likeness (QED) is 0.855. The van der Waals surface area contributed by atoms with Gasteiger partial charge >= 0.3 is 5.97 Å². The van der Waals surface area contributed by atoms with Gasteiger partial charge in [0, 0.05) is 19.5 Å². The normalized spacial score (nSPS) is 22.2. The van der Waals surface area contributed by atoms with Gasteiger partial charge in [-0.05, 0) is 11.1 Å². The number of rotatable bonds is 5. The SMILES string of the molecule is COC(=O)[C@]1([C@@H](O)c2ccccc2)CCN(Cc2ccccc2)O1. The molecule has 3 rings (SSSR count). The molecule has 0 radical (unpaired) electrons. The maximum Gasteiger partial charge on any atom is 0.343 e. The van der Waals surface area contributed by atoms with Crippen LogP contribution in [0.3, 0.4) is 0 Å². The second-order valence-electron chi connectivity index (χ2n) is 5.88. The van der Waals surface area contributed by atoms with Gasteiger partial charge in [-0.25, -0.2) is 4.79 Å². The fraction of sp³-hybridized carbons (Fsp3) is 0.316. The minimum Gasteiger partial charge on any atom is -0.467 e. The van der Waals surface area contributed by atoms with E-state index in [1.54, 1.807) is 17.2 Å². The van der Waals surface area contributed by atoms with Crippen molar-refractivity contribution in [2.24, 2.45) is 0 Å². The molecule has 5 nitrogen and oxygen atoms in total. The Kier molecular flexibility index (Phi) is 4.94. The predicted octanol–water partition coefficient (Wildman–Crippen LogP) is 2.47. The van der Waals surface area contributed by atoms with Crippen LogP contribution in [-0.2, 0) is 20.9 Å². The molecule has 1 heterocycles. The Morgan fingerprint density at radius 1 is 1.21 bits per heavy atom. The number of benzene rings is 2. The number of methoxy groups -OCH3 is 1. The second kappa shape index (κ2) is 7.13. The Morgan fingerprint density at radius 3 is 2.46 bits per heavy atom. The maximum absolute atomic E-state index is 12.4. The number of aliphatic hydroxyl groups excluding tert-OH is 1. The molecule has 1 aliphatic rings. The molecule has 0 bridgehead atoms. The zero-order chi connectivity index (χ0) is 17.0. The van der Waals surface area contributed by atoms with E-state index in [0.29, 0.717) is 25.1 Å². The van der Waals surface area contributed by atoms with E-state index in [0.717, 1.165) is 5.56 Å². The Labute approximate surface area is 141 Å². The van der Waals surface area contributed by atoms with Gasteiger partial charge in [-0.15, -0.1) is 0 Å². The number of hydrogen-bond acceptors (Lipinski definition) is 5. The van der Waals surface area contributed by atoms with Gasteiger partial charge in [-0.3, -0.25) is 4.84 Å². The summed E-state index contributed by atoms with van der Waals surface area (Å²) in [6, 6.07) is 18.9. The molecular formula is C19H21NO4. The first-order valence-corrected chi connectivity index (χ1v) is 7.95. The fourth-order valence-corrected chi connectivity index (χ4v) is 3.03. The van der Waals surface area contributed by atoms with E-state index in [9.17, 15) is 9.90 Å². The van der Waals surface area contributed by atoms with Crippen LogP contribution in [0.4, 0.5) is 0 Å². The van der Waals surface area contributed by atoms with Crippen LogP contribution < -0.4 is 0 Å². The Bertz CT molecular complexity index is 676. The van der Waals surface area contributed by atoms with Crippen molar-refractivity contribution in [3.05, 3.63) is 71.8 Å². The van der Waals surface area contributed by atoms with Crippen molar-refractivity contribution in [1.82, 2.24) is 5.06 Å². The smallest absolute Gasteiger partial charge is 0.343 e. The topological polar surface area (TPSA) is 59.0 Å². The van der Waals surface area contributed by atoms with E-state index in [1.165, 1.54) is 7.11 Å². The van der Waals surface area contributed by atoms with Crippen molar-refractivity contribution in [1.29, 1.82) is 0 Å². The van der Waals surface area contributed by atoms with E-state index in [1.807, 2.05) is 48.5 Å². The van der Waals surface area contributed by atoms with E-state index in [2.05, 4.69) is 0 Å². The minimum absolute atomic E-state index is 0.364. The van der Waals surface area contributed by atoms with Crippen LogP contribution in [-0.4, -0.2) is 35.4 Å². The number of carbonyl (C=O) groups is 1. The molecule has 2 atom stereocenters. The molecule has 1 N–H and O–H groups in total. The zero-order valence-corrected chi connectivity index (χ0v) is 13.6. The summed E-state index contributed by atoms with van der Waals surface area (Å²) < 4.78 is 4.93. The molecule has 1 aliphatic heterocycles. The number of hydrogen-bond donors (Lipinski definition) is 1. The molecule has 0 saturated carbocycles. The standard InChI is InChI=1S/C19H21NO4/c1-23-18(22)19(17(21)16-10-6-3-7-11-16)12-13-20(24-19)14-15-8-4-2-5-9-15/h2-11,17,21H,12-14H2,1H3/t17-,19+/m0/s1. The highest BCUT2D eigenvalue weighted by atomic mass is 16.7. The highest BCUT2D eigenvalue weighted by Gasteiger charge is 2.54. The molecule has 24 heavy (non-hydrogen) atoms. The van der Waals surface area contributed by atoms with Crippen molar-refractivity contribution >= 4 is 5.97 Å². The highest BCUT2D eigenvalue weighted by molar-refractivity contribution is 5.81. The molecule has 5 heteroatoms. The molecule has 0 spiro atoms. The summed E-state index contributed by atoms with van der Waals surface area (Å²) in [7, 11) is 1.31. The van der Waals surface area contributed by atoms with Crippen LogP contribution in [0.2, 0.25) is 0 Å². The van der Waals surface area contributed by atoms with E-state index < -0.39 is 17.7 Å². The highest BCUT2D eigenvalue weighted by Crippen LogP contribution is 2.39. The summed E-state index contributed by atoms with van der Waals surface area (Å²) in [6.45, 7) is 1.08. The van der Waals surface area contributed by atoms with Crippen LogP contribution in [0.15, 0.2) is 60.7 Å². The Morgan fingerprint density at radius 2 is 1.83 bits per heavy atom. The van der Waals surface area contributed by atoms with Gasteiger partial charge < -0.3 is 9.84 Å². The molecule has 1 saturated heterocycles. The molecule has 2 aromatic rings. The number of ether oxygens (including phenoxy) is 1. The lowest BCUT2D eigenvalue weighted by Crippen LogP contribution is -2.46. The number of hydroxylamine groups is 2. The number of nitrogens with zero attached hydrogens (tertiary/aromatic N) is 1. The second-order valence-corrected chi connectivity index (χ2v) is 5.88. The summed E-state index contributed by atoms with van der Waals surface area (Å²) in [5.74, 6) is -0.561. The summed E-state index contributed by atoms with van der Waals surface area (Å²) in [5, 5.41) is 12.5. The van der Waals surface area contributed by atoms with Gasteiger partial charge in [0.15, 0.2) is 0 Å². The monoisotopic (exact) mass is 327 g/mol. The summed E-state index contributed by atoms with van der Waals surface area (Å²) in [4.78, 5) is 18.3. The van der Waals surface area contributed by atoms with Crippen molar-refractivity contribution in [3.63, 3.8) is 0 Å².